The predicted octanol–water partition coefficient (Wildman–Crippen LogP) is 2.29. The van der Waals surface area contributed by atoms with Crippen LogP contribution in [0.1, 0.15) is 35.7 Å². The fourth-order valence-corrected chi connectivity index (χ4v) is 1.96. The van der Waals surface area contributed by atoms with E-state index in [1.165, 1.54) is 0 Å². The summed E-state index contributed by atoms with van der Waals surface area (Å²) in [5.41, 5.74) is 6.83. The monoisotopic (exact) mass is 283 g/mol. The fourth-order valence-electron chi connectivity index (χ4n) is 1.74. The number of halogens is 1. The first-order valence-corrected chi connectivity index (χ1v) is 6.39. The third-order valence-electron chi connectivity index (χ3n) is 2.85. The Hall–Kier alpha value is -1.75. The van der Waals surface area contributed by atoms with E-state index in [4.69, 9.17) is 22.5 Å². The summed E-state index contributed by atoms with van der Waals surface area (Å²) in [7, 11) is 0. The third-order valence-corrected chi connectivity index (χ3v) is 3.08. The number of amidine groups is 1. The molecule has 1 unspecified atom stereocenters. The van der Waals surface area contributed by atoms with Crippen molar-refractivity contribution >= 4 is 23.3 Å². The van der Waals surface area contributed by atoms with Gasteiger partial charge in [0.25, 0.3) is 5.91 Å². The highest BCUT2D eigenvalue weighted by Gasteiger charge is 2.15. The summed E-state index contributed by atoms with van der Waals surface area (Å²) in [6, 6.07) is 4.93. The summed E-state index contributed by atoms with van der Waals surface area (Å²) in [5, 5.41) is 14.9. The molecule has 4 N–H and O–H groups in total. The van der Waals surface area contributed by atoms with Gasteiger partial charge in [-0.15, -0.1) is 0 Å². The minimum atomic E-state index is -0.188. The van der Waals surface area contributed by atoms with Gasteiger partial charge in [0.05, 0.1) is 0 Å². The van der Waals surface area contributed by atoms with E-state index in [-0.39, 0.29) is 17.8 Å². The standard InChI is InChI=1S/C13H18ClN3O2/c1-3-10(7-12(15)17-19)16-13(18)11-5-4-9(14)6-8(11)2/h4-6,10,19H,3,7H2,1-2H3,(H2,15,17)(H,16,18). The number of nitrogens with zero attached hydrogens (tertiary/aromatic N) is 1. The molecular formula is C13H18ClN3O2. The van der Waals surface area contributed by atoms with E-state index in [2.05, 4.69) is 10.5 Å². The van der Waals surface area contributed by atoms with Crippen molar-refractivity contribution in [3.05, 3.63) is 34.3 Å². The summed E-state index contributed by atoms with van der Waals surface area (Å²) in [6.07, 6.45) is 1.000. The largest absolute Gasteiger partial charge is 0.409 e. The molecule has 0 saturated heterocycles. The van der Waals surface area contributed by atoms with Crippen LogP contribution in [0.15, 0.2) is 23.4 Å². The summed E-state index contributed by atoms with van der Waals surface area (Å²) < 4.78 is 0. The van der Waals surface area contributed by atoms with E-state index >= 15 is 0 Å². The van der Waals surface area contributed by atoms with Crippen molar-refractivity contribution in [2.75, 3.05) is 0 Å². The number of rotatable bonds is 5. The van der Waals surface area contributed by atoms with Crippen LogP contribution in [0.4, 0.5) is 0 Å². The number of nitrogens with two attached hydrogens (primary N) is 1. The Kier molecular flexibility index (Phi) is 5.63. The molecule has 0 saturated carbocycles. The van der Waals surface area contributed by atoms with Gasteiger partial charge in [0.1, 0.15) is 5.84 Å². The van der Waals surface area contributed by atoms with Crippen molar-refractivity contribution in [3.63, 3.8) is 0 Å². The van der Waals surface area contributed by atoms with Gasteiger partial charge >= 0.3 is 0 Å². The van der Waals surface area contributed by atoms with Crippen LogP contribution in [0.25, 0.3) is 0 Å². The van der Waals surface area contributed by atoms with Crippen molar-refractivity contribution in [1.82, 2.24) is 5.32 Å². The van der Waals surface area contributed by atoms with Gasteiger partial charge in [-0.25, -0.2) is 0 Å². The molecule has 0 aliphatic heterocycles. The zero-order chi connectivity index (χ0) is 14.4. The molecule has 0 fully saturated rings. The molecule has 1 atom stereocenters. The SMILES string of the molecule is CCC(C/C(N)=N/O)NC(=O)c1ccc(Cl)cc1C. The van der Waals surface area contributed by atoms with Crippen molar-refractivity contribution in [2.24, 2.45) is 10.9 Å². The molecule has 6 heteroatoms. The molecule has 0 aliphatic rings. The smallest absolute Gasteiger partial charge is 0.251 e. The second kappa shape index (κ2) is 6.99. The molecule has 1 rings (SSSR count). The van der Waals surface area contributed by atoms with E-state index in [9.17, 15) is 4.79 Å². The number of aryl methyl sites for hydroxylation is 1. The number of hydrogen-bond acceptors (Lipinski definition) is 3. The van der Waals surface area contributed by atoms with Gasteiger partial charge in [0.2, 0.25) is 0 Å². The zero-order valence-corrected chi connectivity index (χ0v) is 11.7. The van der Waals surface area contributed by atoms with Crippen LogP contribution in [0.3, 0.4) is 0 Å². The number of carbonyl (C=O) groups is 1. The van der Waals surface area contributed by atoms with Crippen LogP contribution in [-0.2, 0) is 0 Å². The Morgan fingerprint density at radius 1 is 1.58 bits per heavy atom. The lowest BCUT2D eigenvalue weighted by molar-refractivity contribution is 0.0936. The maximum atomic E-state index is 12.1. The first-order chi connectivity index (χ1) is 8.97. The van der Waals surface area contributed by atoms with Crippen LogP contribution in [0.2, 0.25) is 5.02 Å². The molecule has 0 aliphatic carbocycles. The molecule has 104 valence electrons. The lowest BCUT2D eigenvalue weighted by Gasteiger charge is -2.17. The van der Waals surface area contributed by atoms with Crippen molar-refractivity contribution in [2.45, 2.75) is 32.7 Å². The number of oxime groups is 1. The molecule has 0 radical (unpaired) electrons. The normalized spacial score (nSPS) is 13.1. The zero-order valence-electron chi connectivity index (χ0n) is 11.0. The van der Waals surface area contributed by atoms with Gasteiger partial charge in [-0.05, 0) is 37.1 Å². The average molecular weight is 284 g/mol. The number of carbonyl (C=O) groups excluding carboxylic acids is 1. The number of benzene rings is 1. The highest BCUT2D eigenvalue weighted by molar-refractivity contribution is 6.30. The Bertz CT molecular complexity index is 489. The first-order valence-electron chi connectivity index (χ1n) is 6.01. The topological polar surface area (TPSA) is 87.7 Å². The van der Waals surface area contributed by atoms with Gasteiger partial charge in [-0.3, -0.25) is 4.79 Å². The van der Waals surface area contributed by atoms with Crippen molar-refractivity contribution in [3.8, 4) is 0 Å². The Morgan fingerprint density at radius 2 is 2.26 bits per heavy atom. The molecule has 1 aromatic rings. The van der Waals surface area contributed by atoms with Gasteiger partial charge in [0.15, 0.2) is 0 Å². The van der Waals surface area contributed by atoms with Gasteiger partial charge in [-0.2, -0.15) is 0 Å². The van der Waals surface area contributed by atoms with Crippen LogP contribution in [0.5, 0.6) is 0 Å². The molecule has 0 heterocycles. The first kappa shape index (κ1) is 15.3. The van der Waals surface area contributed by atoms with E-state index in [1.54, 1.807) is 18.2 Å². The van der Waals surface area contributed by atoms with Crippen molar-refractivity contribution in [1.29, 1.82) is 0 Å². The predicted molar refractivity (Wildman–Crippen MR) is 75.8 cm³/mol. The van der Waals surface area contributed by atoms with Crippen LogP contribution >= 0.6 is 11.6 Å². The van der Waals surface area contributed by atoms with Gasteiger partial charge in [-0.1, -0.05) is 23.7 Å². The second-order valence-corrected chi connectivity index (χ2v) is 4.77. The van der Waals surface area contributed by atoms with Crippen LogP contribution < -0.4 is 11.1 Å². The molecule has 0 bridgehead atoms. The van der Waals surface area contributed by atoms with E-state index in [0.717, 1.165) is 5.56 Å². The maximum absolute atomic E-state index is 12.1. The van der Waals surface area contributed by atoms with E-state index < -0.39 is 0 Å². The number of nitrogens with one attached hydrogen (secondary N) is 1. The number of amides is 1. The third kappa shape index (κ3) is 4.44. The molecular weight excluding hydrogens is 266 g/mol. The van der Waals surface area contributed by atoms with Gasteiger partial charge in [0, 0.05) is 23.0 Å². The molecule has 5 nitrogen and oxygen atoms in total. The van der Waals surface area contributed by atoms with Crippen LogP contribution in [0, 0.1) is 6.92 Å². The Morgan fingerprint density at radius 3 is 2.79 bits per heavy atom. The maximum Gasteiger partial charge on any atom is 0.251 e. The molecule has 0 spiro atoms. The second-order valence-electron chi connectivity index (χ2n) is 4.33. The Balaban J connectivity index is 2.77. The summed E-state index contributed by atoms with van der Waals surface area (Å²) >= 11 is 5.85. The molecule has 1 amide bonds. The average Bonchev–Trinajstić information content (AvgIpc) is 2.37. The highest BCUT2D eigenvalue weighted by atomic mass is 35.5. The summed E-state index contributed by atoms with van der Waals surface area (Å²) in [4.78, 5) is 12.1. The minimum Gasteiger partial charge on any atom is -0.409 e. The lowest BCUT2D eigenvalue weighted by atomic mass is 10.1. The van der Waals surface area contributed by atoms with E-state index in [0.29, 0.717) is 23.4 Å². The summed E-state index contributed by atoms with van der Waals surface area (Å²) in [6.45, 7) is 3.75. The number of hydrogen-bond donors (Lipinski definition) is 3. The van der Waals surface area contributed by atoms with Crippen LogP contribution in [-0.4, -0.2) is 23.0 Å². The highest BCUT2D eigenvalue weighted by Crippen LogP contribution is 2.15. The Labute approximate surface area is 117 Å². The van der Waals surface area contributed by atoms with E-state index in [1.807, 2.05) is 13.8 Å². The fraction of sp³-hybridized carbons (Fsp3) is 0.385. The minimum absolute atomic E-state index is 0.0972. The molecule has 0 aromatic heterocycles. The summed E-state index contributed by atoms with van der Waals surface area (Å²) in [5.74, 6) is -0.0910. The van der Waals surface area contributed by atoms with Gasteiger partial charge < -0.3 is 16.3 Å². The van der Waals surface area contributed by atoms with Crippen molar-refractivity contribution < 1.29 is 10.0 Å². The molecule has 19 heavy (non-hydrogen) atoms. The quantitative estimate of drug-likeness (QED) is 0.335. The lowest BCUT2D eigenvalue weighted by Crippen LogP contribution is -2.37. The molecule has 1 aromatic carbocycles.